The molecule has 0 aromatic carbocycles. The van der Waals surface area contributed by atoms with Gasteiger partial charge in [-0.25, -0.2) is 0 Å². The van der Waals surface area contributed by atoms with Crippen molar-refractivity contribution < 1.29 is 4.74 Å². The zero-order chi connectivity index (χ0) is 14.9. The van der Waals surface area contributed by atoms with Crippen LogP contribution in [0.2, 0.25) is 0 Å². The van der Waals surface area contributed by atoms with Gasteiger partial charge in [-0.1, -0.05) is 41.5 Å². The SMILES string of the molecule is CCNC(CCN(CCOC)CC(C)C)C(C)(C)C. The van der Waals surface area contributed by atoms with Crippen molar-refractivity contribution in [1.29, 1.82) is 0 Å². The van der Waals surface area contributed by atoms with Gasteiger partial charge in [-0.2, -0.15) is 0 Å². The summed E-state index contributed by atoms with van der Waals surface area (Å²) < 4.78 is 5.22. The van der Waals surface area contributed by atoms with Crippen LogP contribution in [-0.4, -0.2) is 50.8 Å². The highest BCUT2D eigenvalue weighted by Gasteiger charge is 2.24. The molecule has 0 fully saturated rings. The van der Waals surface area contributed by atoms with Crippen LogP contribution < -0.4 is 5.32 Å². The molecule has 0 spiro atoms. The highest BCUT2D eigenvalue weighted by atomic mass is 16.5. The average Bonchev–Trinajstić information content (AvgIpc) is 2.28. The molecule has 19 heavy (non-hydrogen) atoms. The first-order chi connectivity index (χ1) is 8.81. The topological polar surface area (TPSA) is 24.5 Å². The molecule has 0 rings (SSSR count). The molecule has 0 aliphatic carbocycles. The fourth-order valence-corrected chi connectivity index (χ4v) is 2.43. The van der Waals surface area contributed by atoms with E-state index in [0.717, 1.165) is 32.8 Å². The molecule has 1 atom stereocenters. The first kappa shape index (κ1) is 18.9. The van der Waals surface area contributed by atoms with Crippen LogP contribution in [-0.2, 0) is 4.74 Å². The second kappa shape index (κ2) is 9.73. The first-order valence-electron chi connectivity index (χ1n) is 7.75. The molecule has 1 unspecified atom stereocenters. The summed E-state index contributed by atoms with van der Waals surface area (Å²) >= 11 is 0. The zero-order valence-corrected chi connectivity index (χ0v) is 14.3. The number of hydrogen-bond donors (Lipinski definition) is 1. The number of rotatable bonds is 10. The predicted molar refractivity (Wildman–Crippen MR) is 84.7 cm³/mol. The summed E-state index contributed by atoms with van der Waals surface area (Å²) in [6, 6.07) is 0.578. The minimum Gasteiger partial charge on any atom is -0.383 e. The van der Waals surface area contributed by atoms with Gasteiger partial charge in [-0.15, -0.1) is 0 Å². The third-order valence-electron chi connectivity index (χ3n) is 3.46. The molecule has 0 aromatic rings. The third-order valence-corrected chi connectivity index (χ3v) is 3.46. The van der Waals surface area contributed by atoms with Gasteiger partial charge in [0.25, 0.3) is 0 Å². The maximum Gasteiger partial charge on any atom is 0.0589 e. The lowest BCUT2D eigenvalue weighted by atomic mass is 9.84. The highest BCUT2D eigenvalue weighted by molar-refractivity contribution is 4.81. The lowest BCUT2D eigenvalue weighted by Crippen LogP contribution is -2.43. The largest absolute Gasteiger partial charge is 0.383 e. The quantitative estimate of drug-likeness (QED) is 0.661. The Balaban J connectivity index is 4.31. The lowest BCUT2D eigenvalue weighted by Gasteiger charge is -2.34. The zero-order valence-electron chi connectivity index (χ0n) is 14.3. The second-order valence-electron chi connectivity index (χ2n) is 6.95. The molecule has 0 aliphatic heterocycles. The molecule has 0 heterocycles. The maximum absolute atomic E-state index is 5.22. The van der Waals surface area contributed by atoms with Crippen LogP contribution in [0.25, 0.3) is 0 Å². The molecular weight excluding hydrogens is 236 g/mol. The molecule has 0 radical (unpaired) electrons. The molecule has 1 N–H and O–H groups in total. The standard InChI is InChI=1S/C16H36N2O/c1-8-17-15(16(4,5)6)9-10-18(11-12-19-7)13-14(2)3/h14-15,17H,8-13H2,1-7H3. The van der Waals surface area contributed by atoms with Crippen LogP contribution >= 0.6 is 0 Å². The third kappa shape index (κ3) is 9.42. The van der Waals surface area contributed by atoms with Gasteiger partial charge in [0, 0.05) is 26.2 Å². The van der Waals surface area contributed by atoms with E-state index >= 15 is 0 Å². The molecule has 0 bridgehead atoms. The van der Waals surface area contributed by atoms with Crippen molar-refractivity contribution in [2.75, 3.05) is 39.9 Å². The Morgan fingerprint density at radius 3 is 2.21 bits per heavy atom. The fourth-order valence-electron chi connectivity index (χ4n) is 2.43. The van der Waals surface area contributed by atoms with E-state index in [9.17, 15) is 0 Å². The van der Waals surface area contributed by atoms with Gasteiger partial charge in [-0.3, -0.25) is 0 Å². The minimum atomic E-state index is 0.320. The molecule has 0 saturated heterocycles. The van der Waals surface area contributed by atoms with Crippen LogP contribution in [0, 0.1) is 11.3 Å². The van der Waals surface area contributed by atoms with Crippen LogP contribution in [0.15, 0.2) is 0 Å². The maximum atomic E-state index is 5.22. The lowest BCUT2D eigenvalue weighted by molar-refractivity contribution is 0.130. The summed E-state index contributed by atoms with van der Waals surface area (Å²) in [7, 11) is 1.78. The Morgan fingerprint density at radius 1 is 1.16 bits per heavy atom. The van der Waals surface area contributed by atoms with Crippen molar-refractivity contribution in [2.45, 2.75) is 54.0 Å². The Hall–Kier alpha value is -0.120. The van der Waals surface area contributed by atoms with Crippen LogP contribution in [0.1, 0.15) is 48.0 Å². The number of ether oxygens (including phenoxy) is 1. The molecular formula is C16H36N2O. The van der Waals surface area contributed by atoms with Crippen molar-refractivity contribution >= 4 is 0 Å². The Morgan fingerprint density at radius 2 is 1.79 bits per heavy atom. The van der Waals surface area contributed by atoms with Gasteiger partial charge in [0.1, 0.15) is 0 Å². The Labute approximate surface area is 121 Å². The number of hydrogen-bond acceptors (Lipinski definition) is 3. The monoisotopic (exact) mass is 272 g/mol. The van der Waals surface area contributed by atoms with E-state index in [1.54, 1.807) is 7.11 Å². The highest BCUT2D eigenvalue weighted by Crippen LogP contribution is 2.22. The molecule has 3 nitrogen and oxygen atoms in total. The van der Waals surface area contributed by atoms with Gasteiger partial charge >= 0.3 is 0 Å². The summed E-state index contributed by atoms with van der Waals surface area (Å²) in [5.41, 5.74) is 0.320. The summed E-state index contributed by atoms with van der Waals surface area (Å²) in [5, 5.41) is 3.63. The molecule has 0 aromatic heterocycles. The summed E-state index contributed by atoms with van der Waals surface area (Å²) in [6.07, 6.45) is 1.20. The second-order valence-corrected chi connectivity index (χ2v) is 6.95. The molecule has 0 aliphatic rings. The van der Waals surface area contributed by atoms with E-state index in [-0.39, 0.29) is 0 Å². The fraction of sp³-hybridized carbons (Fsp3) is 1.00. The Kier molecular flexibility index (Phi) is 9.67. The molecule has 3 heteroatoms. The van der Waals surface area contributed by atoms with Crippen LogP contribution in [0.5, 0.6) is 0 Å². The first-order valence-corrected chi connectivity index (χ1v) is 7.75. The normalized spacial score (nSPS) is 14.4. The van der Waals surface area contributed by atoms with E-state index in [1.165, 1.54) is 6.42 Å². The van der Waals surface area contributed by atoms with E-state index in [4.69, 9.17) is 4.74 Å². The number of nitrogens with zero attached hydrogens (tertiary/aromatic N) is 1. The average molecular weight is 272 g/mol. The van der Waals surface area contributed by atoms with E-state index in [1.807, 2.05) is 0 Å². The van der Waals surface area contributed by atoms with Crippen molar-refractivity contribution in [3.63, 3.8) is 0 Å². The van der Waals surface area contributed by atoms with Gasteiger partial charge in [0.15, 0.2) is 0 Å². The molecule has 116 valence electrons. The van der Waals surface area contributed by atoms with E-state index in [0.29, 0.717) is 17.4 Å². The predicted octanol–water partition coefficient (Wildman–Crippen LogP) is 3.01. The van der Waals surface area contributed by atoms with Gasteiger partial charge in [0.2, 0.25) is 0 Å². The van der Waals surface area contributed by atoms with Gasteiger partial charge in [-0.05, 0) is 30.8 Å². The summed E-state index contributed by atoms with van der Waals surface area (Å²) in [4.78, 5) is 2.53. The summed E-state index contributed by atoms with van der Waals surface area (Å²) in [5.74, 6) is 0.712. The molecule has 0 saturated carbocycles. The van der Waals surface area contributed by atoms with Crippen LogP contribution in [0.3, 0.4) is 0 Å². The number of nitrogens with one attached hydrogen (secondary N) is 1. The van der Waals surface area contributed by atoms with Crippen molar-refractivity contribution in [3.8, 4) is 0 Å². The molecule has 0 amide bonds. The van der Waals surface area contributed by atoms with Gasteiger partial charge < -0.3 is 15.0 Å². The summed E-state index contributed by atoms with van der Waals surface area (Å²) in [6.45, 7) is 18.9. The van der Waals surface area contributed by atoms with Gasteiger partial charge in [0.05, 0.1) is 6.61 Å². The van der Waals surface area contributed by atoms with Crippen molar-refractivity contribution in [3.05, 3.63) is 0 Å². The minimum absolute atomic E-state index is 0.320. The number of methoxy groups -OCH3 is 1. The van der Waals surface area contributed by atoms with Crippen molar-refractivity contribution in [1.82, 2.24) is 10.2 Å². The Bertz CT molecular complexity index is 211. The van der Waals surface area contributed by atoms with Crippen LogP contribution in [0.4, 0.5) is 0 Å². The smallest absolute Gasteiger partial charge is 0.0589 e. The van der Waals surface area contributed by atoms with E-state index < -0.39 is 0 Å². The van der Waals surface area contributed by atoms with E-state index in [2.05, 4.69) is 51.8 Å². The van der Waals surface area contributed by atoms with Crippen molar-refractivity contribution in [2.24, 2.45) is 11.3 Å².